The van der Waals surface area contributed by atoms with E-state index in [0.717, 1.165) is 5.56 Å². The molecule has 6 heteroatoms. The zero-order valence-electron chi connectivity index (χ0n) is 11.0. The molecule has 0 saturated carbocycles. The number of benzene rings is 1. The summed E-state index contributed by atoms with van der Waals surface area (Å²) in [4.78, 5) is 34.7. The topological polar surface area (TPSA) is 94.9 Å². The minimum Gasteiger partial charge on any atom is -0.480 e. The monoisotopic (exact) mass is 277 g/mol. The lowest BCUT2D eigenvalue weighted by Gasteiger charge is -2.23. The van der Waals surface area contributed by atoms with Crippen LogP contribution in [0.2, 0.25) is 0 Å². The third kappa shape index (κ3) is 2.79. The van der Waals surface area contributed by atoms with Crippen LogP contribution in [0.25, 0.3) is 0 Å². The van der Waals surface area contributed by atoms with Gasteiger partial charge in [-0.05, 0) is 36.6 Å². The molecule has 6 nitrogen and oxygen atoms in total. The van der Waals surface area contributed by atoms with Crippen LogP contribution < -0.4 is 4.90 Å². The van der Waals surface area contributed by atoms with Crippen molar-refractivity contribution in [3.63, 3.8) is 0 Å². The number of ketones is 1. The Morgan fingerprint density at radius 3 is 2.30 bits per heavy atom. The second-order valence-corrected chi connectivity index (χ2v) is 4.86. The normalized spacial score (nSPS) is 13.2. The molecule has 0 bridgehead atoms. The maximum atomic E-state index is 11.7. The summed E-state index contributed by atoms with van der Waals surface area (Å²) in [5.74, 6) is -2.11. The number of carboxylic acid groups (broad SMARTS) is 2. The Morgan fingerprint density at radius 1 is 1.15 bits per heavy atom. The fraction of sp³-hybridized carbons (Fsp3) is 0.357. The van der Waals surface area contributed by atoms with Gasteiger partial charge in [0.1, 0.15) is 13.1 Å². The average molecular weight is 277 g/mol. The lowest BCUT2D eigenvalue weighted by Crippen LogP contribution is -2.35. The molecule has 2 N–H and O–H groups in total. The van der Waals surface area contributed by atoms with Gasteiger partial charge in [-0.1, -0.05) is 0 Å². The quantitative estimate of drug-likeness (QED) is 0.836. The summed E-state index contributed by atoms with van der Waals surface area (Å²) in [5.41, 5.74) is 2.79. The van der Waals surface area contributed by atoms with Crippen molar-refractivity contribution in [2.45, 2.75) is 19.8 Å². The largest absolute Gasteiger partial charge is 0.480 e. The molecule has 0 heterocycles. The second-order valence-electron chi connectivity index (χ2n) is 4.86. The first-order chi connectivity index (χ1) is 9.38. The lowest BCUT2D eigenvalue weighted by molar-refractivity contribution is -0.136. The van der Waals surface area contributed by atoms with E-state index in [9.17, 15) is 14.4 Å². The Hall–Kier alpha value is -2.37. The summed E-state index contributed by atoms with van der Waals surface area (Å²) < 4.78 is 0. The number of hydrogen-bond donors (Lipinski definition) is 2. The van der Waals surface area contributed by atoms with Crippen LogP contribution in [0.4, 0.5) is 5.69 Å². The molecule has 0 fully saturated rings. The lowest BCUT2D eigenvalue weighted by atomic mass is 10.0. The summed E-state index contributed by atoms with van der Waals surface area (Å²) in [7, 11) is 0. The summed E-state index contributed by atoms with van der Waals surface area (Å²) in [6.45, 7) is 0.970. The average Bonchev–Trinajstić information content (AvgIpc) is 2.68. The first-order valence-corrected chi connectivity index (χ1v) is 6.23. The minimum absolute atomic E-state index is 0.0812. The van der Waals surface area contributed by atoms with Crippen LogP contribution in [0.15, 0.2) is 12.1 Å². The van der Waals surface area contributed by atoms with E-state index in [-0.39, 0.29) is 18.9 Å². The number of Topliss-reactive ketones (excluding diaryl/α,β-unsaturated/α-hetero) is 1. The molecule has 20 heavy (non-hydrogen) atoms. The zero-order valence-corrected chi connectivity index (χ0v) is 11.0. The SMILES string of the molecule is Cc1cc2c(cc1N(CC(=O)O)CC(=O)O)CCC2=O. The van der Waals surface area contributed by atoms with Gasteiger partial charge in [0.15, 0.2) is 5.78 Å². The van der Waals surface area contributed by atoms with E-state index >= 15 is 0 Å². The summed E-state index contributed by atoms with van der Waals surface area (Å²) in [6, 6.07) is 3.46. The Balaban J connectivity index is 2.40. The van der Waals surface area contributed by atoms with Gasteiger partial charge < -0.3 is 15.1 Å². The standard InChI is InChI=1S/C14H15NO5/c1-8-4-10-9(2-3-12(10)16)5-11(8)15(6-13(17)18)7-14(19)20/h4-5H,2-3,6-7H2,1H3,(H,17,18)(H,19,20). The van der Waals surface area contributed by atoms with Gasteiger partial charge in [-0.2, -0.15) is 0 Å². The number of anilines is 1. The molecular weight excluding hydrogens is 262 g/mol. The molecule has 1 aliphatic rings. The van der Waals surface area contributed by atoms with Gasteiger partial charge >= 0.3 is 11.9 Å². The highest BCUT2D eigenvalue weighted by Crippen LogP contribution is 2.30. The highest BCUT2D eigenvalue weighted by atomic mass is 16.4. The summed E-state index contributed by atoms with van der Waals surface area (Å²) >= 11 is 0. The van der Waals surface area contributed by atoms with Crippen molar-refractivity contribution in [2.75, 3.05) is 18.0 Å². The predicted octanol–water partition coefficient (Wildman–Crippen LogP) is 1.10. The van der Waals surface area contributed by atoms with Gasteiger partial charge in [-0.15, -0.1) is 0 Å². The van der Waals surface area contributed by atoms with Gasteiger partial charge in [0, 0.05) is 17.7 Å². The van der Waals surface area contributed by atoms with Gasteiger partial charge in [0.2, 0.25) is 0 Å². The van der Waals surface area contributed by atoms with Crippen molar-refractivity contribution in [1.82, 2.24) is 0 Å². The first-order valence-electron chi connectivity index (χ1n) is 6.23. The van der Waals surface area contributed by atoms with Crippen LogP contribution in [-0.4, -0.2) is 41.0 Å². The van der Waals surface area contributed by atoms with Crippen molar-refractivity contribution in [3.05, 3.63) is 28.8 Å². The van der Waals surface area contributed by atoms with E-state index in [0.29, 0.717) is 29.7 Å². The fourth-order valence-electron chi connectivity index (χ4n) is 2.48. The third-order valence-corrected chi connectivity index (χ3v) is 3.34. The maximum absolute atomic E-state index is 11.7. The van der Waals surface area contributed by atoms with Crippen molar-refractivity contribution in [2.24, 2.45) is 0 Å². The highest BCUT2D eigenvalue weighted by Gasteiger charge is 2.23. The molecule has 0 aromatic heterocycles. The summed E-state index contributed by atoms with van der Waals surface area (Å²) in [6.07, 6.45) is 1.07. The molecule has 0 amide bonds. The molecule has 1 aromatic carbocycles. The molecule has 0 unspecified atom stereocenters. The van der Waals surface area contributed by atoms with Gasteiger partial charge in [-0.25, -0.2) is 0 Å². The van der Waals surface area contributed by atoms with E-state index in [1.165, 1.54) is 4.90 Å². The van der Waals surface area contributed by atoms with E-state index in [2.05, 4.69) is 0 Å². The molecule has 1 aromatic rings. The predicted molar refractivity (Wildman–Crippen MR) is 71.3 cm³/mol. The number of rotatable bonds is 5. The second kappa shape index (κ2) is 5.32. The van der Waals surface area contributed by atoms with Crippen LogP contribution in [0.5, 0.6) is 0 Å². The van der Waals surface area contributed by atoms with E-state index in [1.807, 2.05) is 0 Å². The zero-order chi connectivity index (χ0) is 14.9. The van der Waals surface area contributed by atoms with Crippen molar-refractivity contribution >= 4 is 23.4 Å². The molecule has 0 aliphatic heterocycles. The van der Waals surface area contributed by atoms with Crippen LogP contribution >= 0.6 is 0 Å². The van der Waals surface area contributed by atoms with Gasteiger partial charge in [0.25, 0.3) is 0 Å². The number of fused-ring (bicyclic) bond motifs is 1. The fourth-order valence-corrected chi connectivity index (χ4v) is 2.48. The Labute approximate surface area is 115 Å². The van der Waals surface area contributed by atoms with Crippen molar-refractivity contribution < 1.29 is 24.6 Å². The number of carbonyl (C=O) groups excluding carboxylic acids is 1. The number of nitrogens with zero attached hydrogens (tertiary/aromatic N) is 1. The van der Waals surface area contributed by atoms with Crippen molar-refractivity contribution in [1.29, 1.82) is 0 Å². The molecule has 2 rings (SSSR count). The van der Waals surface area contributed by atoms with Crippen molar-refractivity contribution in [3.8, 4) is 0 Å². The van der Waals surface area contributed by atoms with Crippen LogP contribution in [0, 0.1) is 6.92 Å². The molecule has 0 spiro atoms. The third-order valence-electron chi connectivity index (χ3n) is 3.34. The van der Waals surface area contributed by atoms with E-state index < -0.39 is 11.9 Å². The highest BCUT2D eigenvalue weighted by molar-refractivity contribution is 6.01. The Bertz CT molecular complexity index is 577. The van der Waals surface area contributed by atoms with Gasteiger partial charge in [-0.3, -0.25) is 14.4 Å². The molecule has 0 saturated heterocycles. The van der Waals surface area contributed by atoms with Crippen LogP contribution in [0.3, 0.4) is 0 Å². The van der Waals surface area contributed by atoms with E-state index in [1.54, 1.807) is 19.1 Å². The number of hydrogen-bond acceptors (Lipinski definition) is 4. The molecule has 0 atom stereocenters. The number of carboxylic acids is 2. The maximum Gasteiger partial charge on any atom is 0.323 e. The van der Waals surface area contributed by atoms with Crippen LogP contribution in [0.1, 0.15) is 27.9 Å². The van der Waals surface area contributed by atoms with Gasteiger partial charge in [0.05, 0.1) is 0 Å². The summed E-state index contributed by atoms with van der Waals surface area (Å²) in [5, 5.41) is 17.8. The molecule has 1 aliphatic carbocycles. The molecule has 106 valence electrons. The number of aliphatic carboxylic acids is 2. The van der Waals surface area contributed by atoms with E-state index in [4.69, 9.17) is 10.2 Å². The molecular formula is C14H15NO5. The number of aryl methyl sites for hydroxylation is 2. The molecule has 0 radical (unpaired) electrons. The van der Waals surface area contributed by atoms with Crippen LogP contribution in [-0.2, 0) is 16.0 Å². The Kier molecular flexibility index (Phi) is 3.74. The number of carbonyl (C=O) groups is 3. The minimum atomic E-state index is -1.10. The first kappa shape index (κ1) is 14.0. The Morgan fingerprint density at radius 2 is 1.75 bits per heavy atom. The smallest absolute Gasteiger partial charge is 0.323 e.